The summed E-state index contributed by atoms with van der Waals surface area (Å²) in [5, 5.41) is 11.2. The van der Waals surface area contributed by atoms with E-state index in [9.17, 15) is 26.8 Å². The highest BCUT2D eigenvalue weighted by atomic mass is 32.2. The summed E-state index contributed by atoms with van der Waals surface area (Å²) < 4.78 is 57.2. The lowest BCUT2D eigenvalue weighted by molar-refractivity contribution is -0.0481. The second kappa shape index (κ2) is 4.10. The largest absolute Gasteiger partial charge is 0.772 e. The molecule has 0 aromatic rings. The van der Waals surface area contributed by atoms with E-state index in [0.29, 0.717) is 12.3 Å². The number of fused-ring (bicyclic) bond motifs is 2. The van der Waals surface area contributed by atoms with Crippen molar-refractivity contribution in [2.45, 2.75) is 31.2 Å². The molecular formula is C9H13F3NO3S-. The van der Waals surface area contributed by atoms with Gasteiger partial charge in [-0.25, -0.2) is 8.42 Å². The van der Waals surface area contributed by atoms with Gasteiger partial charge in [-0.05, 0) is 37.0 Å². The molecule has 0 amide bonds. The first-order valence-corrected chi connectivity index (χ1v) is 6.92. The maximum atomic E-state index is 12.1. The molecule has 3 unspecified atom stereocenters. The highest BCUT2D eigenvalue weighted by molar-refractivity contribution is 7.90. The Morgan fingerprint density at radius 1 is 1.24 bits per heavy atom. The number of alkyl halides is 3. The second-order valence-corrected chi connectivity index (χ2v) is 6.69. The normalized spacial score (nSPS) is 33.6. The molecule has 100 valence electrons. The first kappa shape index (κ1) is 13.1. The second-order valence-electron chi connectivity index (χ2n) is 4.87. The van der Waals surface area contributed by atoms with Gasteiger partial charge in [0.2, 0.25) is 0 Å². The average molecular weight is 272 g/mol. The number of hydroxylamine groups is 1. The number of rotatable bonds is 3. The predicted molar refractivity (Wildman–Crippen MR) is 54.0 cm³/mol. The van der Waals surface area contributed by atoms with Crippen LogP contribution in [0.1, 0.15) is 25.7 Å². The van der Waals surface area contributed by atoms with Crippen LogP contribution >= 0.6 is 0 Å². The molecular weight excluding hydrogens is 259 g/mol. The fraction of sp³-hybridized carbons (Fsp3) is 1.00. The van der Waals surface area contributed by atoms with Gasteiger partial charge >= 0.3 is 15.5 Å². The number of hydrogen-bond acceptors (Lipinski definition) is 3. The Labute approximate surface area is 97.4 Å². The fourth-order valence-electron chi connectivity index (χ4n) is 3.01. The van der Waals surface area contributed by atoms with Gasteiger partial charge in [0.15, 0.2) is 0 Å². The minimum absolute atomic E-state index is 0.205. The number of nitrogens with zero attached hydrogens (tertiary/aromatic N) is 1. The molecule has 2 rings (SSSR count). The van der Waals surface area contributed by atoms with Gasteiger partial charge < -0.3 is 5.21 Å². The van der Waals surface area contributed by atoms with Gasteiger partial charge in [0, 0.05) is 6.54 Å². The summed E-state index contributed by atoms with van der Waals surface area (Å²) in [7, 11) is -5.70. The Bertz CT molecular complexity index is 395. The zero-order valence-corrected chi connectivity index (χ0v) is 9.80. The summed E-state index contributed by atoms with van der Waals surface area (Å²) >= 11 is 0. The third-order valence-corrected chi connectivity index (χ3v) is 5.10. The third kappa shape index (κ3) is 2.30. The summed E-state index contributed by atoms with van der Waals surface area (Å²) in [6.45, 7) is -0.553. The lowest BCUT2D eigenvalue weighted by Crippen LogP contribution is -2.40. The Morgan fingerprint density at radius 3 is 2.29 bits per heavy atom. The van der Waals surface area contributed by atoms with Crippen LogP contribution in [-0.2, 0) is 10.0 Å². The van der Waals surface area contributed by atoms with Crippen LogP contribution in [-0.4, -0.2) is 24.9 Å². The summed E-state index contributed by atoms with van der Waals surface area (Å²) in [6, 6.07) is 0. The molecule has 2 bridgehead atoms. The van der Waals surface area contributed by atoms with Crippen LogP contribution in [0.4, 0.5) is 13.2 Å². The summed E-state index contributed by atoms with van der Waals surface area (Å²) in [5.41, 5.74) is -5.49. The zero-order chi connectivity index (χ0) is 12.8. The quantitative estimate of drug-likeness (QED) is 0.739. The van der Waals surface area contributed by atoms with Crippen molar-refractivity contribution in [1.29, 1.82) is 0 Å². The maximum absolute atomic E-state index is 12.1. The number of sulfonamides is 1. The van der Waals surface area contributed by atoms with Gasteiger partial charge in [0.05, 0.1) is 0 Å². The average Bonchev–Trinajstić information content (AvgIpc) is 2.76. The summed E-state index contributed by atoms with van der Waals surface area (Å²) in [6.07, 6.45) is 3.54. The van der Waals surface area contributed by atoms with Crippen molar-refractivity contribution in [3.8, 4) is 0 Å². The van der Waals surface area contributed by atoms with Gasteiger partial charge in [0.1, 0.15) is 0 Å². The molecule has 2 saturated carbocycles. The maximum Gasteiger partial charge on any atom is 0.510 e. The first-order valence-electron chi connectivity index (χ1n) is 5.48. The Hall–Kier alpha value is -0.340. The molecule has 0 heterocycles. The molecule has 0 aromatic carbocycles. The highest BCUT2D eigenvalue weighted by Gasteiger charge is 2.48. The van der Waals surface area contributed by atoms with E-state index in [2.05, 4.69) is 0 Å². The van der Waals surface area contributed by atoms with E-state index in [4.69, 9.17) is 0 Å². The van der Waals surface area contributed by atoms with E-state index in [-0.39, 0.29) is 11.8 Å². The summed E-state index contributed by atoms with van der Waals surface area (Å²) in [5.74, 6) is 0.482. The fourth-order valence-corrected chi connectivity index (χ4v) is 3.62. The van der Waals surface area contributed by atoms with Crippen LogP contribution in [0.5, 0.6) is 0 Å². The van der Waals surface area contributed by atoms with Crippen molar-refractivity contribution in [3.05, 3.63) is 5.21 Å². The smallest absolute Gasteiger partial charge is 0.510 e. The van der Waals surface area contributed by atoms with Crippen molar-refractivity contribution in [3.63, 3.8) is 0 Å². The van der Waals surface area contributed by atoms with Gasteiger partial charge in [-0.1, -0.05) is 6.42 Å². The Morgan fingerprint density at radius 2 is 1.88 bits per heavy atom. The van der Waals surface area contributed by atoms with Crippen LogP contribution in [0.25, 0.3) is 0 Å². The number of hydrogen-bond donors (Lipinski definition) is 0. The lowest BCUT2D eigenvalue weighted by atomic mass is 9.89. The van der Waals surface area contributed by atoms with E-state index in [0.717, 1.165) is 19.3 Å². The monoisotopic (exact) mass is 272 g/mol. The van der Waals surface area contributed by atoms with Crippen molar-refractivity contribution < 1.29 is 21.6 Å². The highest BCUT2D eigenvalue weighted by Crippen LogP contribution is 2.48. The topological polar surface area (TPSA) is 60.4 Å². The van der Waals surface area contributed by atoms with Gasteiger partial charge in [-0.3, -0.25) is 4.47 Å². The molecule has 0 aromatic heterocycles. The molecule has 2 aliphatic rings. The molecule has 2 aliphatic carbocycles. The van der Waals surface area contributed by atoms with Crippen molar-refractivity contribution in [2.75, 3.05) is 6.54 Å². The lowest BCUT2D eigenvalue weighted by Gasteiger charge is -2.33. The van der Waals surface area contributed by atoms with E-state index in [1.54, 1.807) is 0 Å². The minimum atomic E-state index is -5.70. The Balaban J connectivity index is 2.00. The Kier molecular flexibility index (Phi) is 3.16. The van der Waals surface area contributed by atoms with Crippen LogP contribution in [0.2, 0.25) is 0 Å². The van der Waals surface area contributed by atoms with Crippen molar-refractivity contribution in [1.82, 2.24) is 4.47 Å². The van der Waals surface area contributed by atoms with E-state index in [1.807, 2.05) is 0 Å². The van der Waals surface area contributed by atoms with Gasteiger partial charge in [-0.15, -0.1) is 0 Å². The number of halogens is 3. The van der Waals surface area contributed by atoms with Crippen molar-refractivity contribution >= 4 is 10.0 Å². The third-order valence-electron chi connectivity index (χ3n) is 3.83. The van der Waals surface area contributed by atoms with Crippen LogP contribution in [0.3, 0.4) is 0 Å². The molecule has 4 nitrogen and oxygen atoms in total. The van der Waals surface area contributed by atoms with Crippen LogP contribution in [0, 0.1) is 23.0 Å². The van der Waals surface area contributed by atoms with E-state index in [1.165, 1.54) is 0 Å². The molecule has 3 atom stereocenters. The zero-order valence-electron chi connectivity index (χ0n) is 8.98. The molecule has 0 N–H and O–H groups in total. The van der Waals surface area contributed by atoms with Crippen LogP contribution < -0.4 is 0 Å². The predicted octanol–water partition coefficient (Wildman–Crippen LogP) is 2.07. The molecule has 0 saturated heterocycles. The van der Waals surface area contributed by atoms with E-state index < -0.39 is 26.5 Å². The van der Waals surface area contributed by atoms with E-state index >= 15 is 0 Å². The minimum Gasteiger partial charge on any atom is -0.772 e. The van der Waals surface area contributed by atoms with Gasteiger partial charge in [-0.2, -0.15) is 13.2 Å². The first-order chi connectivity index (χ1) is 7.72. The molecule has 8 heteroatoms. The molecule has 0 aliphatic heterocycles. The molecule has 0 spiro atoms. The SMILES string of the molecule is O=S(=O)(N([O-])CC1CC2CCC1C2)C(F)(F)F. The van der Waals surface area contributed by atoms with Crippen LogP contribution in [0.15, 0.2) is 0 Å². The molecule has 0 radical (unpaired) electrons. The standard InChI is InChI=1S/C9H13F3NO3S/c10-9(11,12)17(15,16)13(14)5-8-4-6-1-2-7(8)3-6/h6-8H,1-5H2/q-1. The van der Waals surface area contributed by atoms with Crippen molar-refractivity contribution in [2.24, 2.45) is 17.8 Å². The molecule has 2 fully saturated rings. The summed E-state index contributed by atoms with van der Waals surface area (Å²) in [4.78, 5) is 0. The van der Waals surface area contributed by atoms with Gasteiger partial charge in [0.25, 0.3) is 0 Å². The molecule has 17 heavy (non-hydrogen) atoms.